The van der Waals surface area contributed by atoms with E-state index in [0.717, 1.165) is 11.8 Å². The Kier molecular flexibility index (Phi) is 10.4. The van der Waals surface area contributed by atoms with Crippen LogP contribution in [0.2, 0.25) is 5.02 Å². The summed E-state index contributed by atoms with van der Waals surface area (Å²) in [6, 6.07) is 24.2. The highest BCUT2D eigenvalue weighted by Gasteiger charge is 2.25. The molecule has 2 amide bonds. The third-order valence-corrected chi connectivity index (χ3v) is 9.89. The van der Waals surface area contributed by atoms with Gasteiger partial charge in [-0.05, 0) is 61.5 Å². The fourth-order valence-electron chi connectivity index (χ4n) is 4.44. The molecule has 0 fully saturated rings. The number of thioether (sulfide) groups is 1. The lowest BCUT2D eigenvalue weighted by atomic mass is 10.2. The second-order valence-corrected chi connectivity index (χ2v) is 13.0. The Labute approximate surface area is 274 Å². The van der Waals surface area contributed by atoms with Crippen LogP contribution in [-0.4, -0.2) is 51.9 Å². The van der Waals surface area contributed by atoms with Crippen molar-refractivity contribution < 1.29 is 37.0 Å². The molecule has 0 aromatic heterocycles. The van der Waals surface area contributed by atoms with E-state index in [1.165, 1.54) is 28.6 Å². The number of hydrogen-bond acceptors (Lipinski definition) is 9. The Morgan fingerprint density at radius 2 is 1.63 bits per heavy atom. The first-order valence-corrected chi connectivity index (χ1v) is 16.7. The lowest BCUT2D eigenvalue weighted by Crippen LogP contribution is -2.30. The number of carbonyl (C=O) groups excluding carboxylic acids is 3. The second kappa shape index (κ2) is 14.6. The Morgan fingerprint density at radius 1 is 0.891 bits per heavy atom. The molecule has 5 rings (SSSR count). The molecule has 14 heteroatoms. The van der Waals surface area contributed by atoms with Gasteiger partial charge in [0.15, 0.2) is 18.1 Å². The number of benzene rings is 4. The largest absolute Gasteiger partial charge is 0.454 e. The number of anilines is 3. The Morgan fingerprint density at radius 3 is 2.41 bits per heavy atom. The van der Waals surface area contributed by atoms with E-state index in [-0.39, 0.29) is 46.2 Å². The summed E-state index contributed by atoms with van der Waals surface area (Å²) in [4.78, 5) is 38.6. The number of hydrogen-bond donors (Lipinski definition) is 2. The number of nitrogens with zero attached hydrogens (tertiary/aromatic N) is 1. The van der Waals surface area contributed by atoms with Gasteiger partial charge in [-0.1, -0.05) is 41.9 Å². The van der Waals surface area contributed by atoms with Gasteiger partial charge < -0.3 is 24.8 Å². The van der Waals surface area contributed by atoms with Crippen LogP contribution < -0.4 is 24.4 Å². The third-order valence-electron chi connectivity index (χ3n) is 6.59. The maximum atomic E-state index is 13.4. The Hall–Kier alpha value is -4.72. The minimum Gasteiger partial charge on any atom is -0.454 e. The van der Waals surface area contributed by atoms with E-state index in [2.05, 4.69) is 10.6 Å². The minimum atomic E-state index is -3.98. The first kappa shape index (κ1) is 32.7. The number of amides is 2. The molecule has 238 valence electrons. The van der Waals surface area contributed by atoms with Crippen LogP contribution in [0.5, 0.6) is 11.5 Å². The zero-order chi connectivity index (χ0) is 32.7. The molecule has 2 N–H and O–H groups in total. The summed E-state index contributed by atoms with van der Waals surface area (Å²) in [7, 11) is -3.98. The average Bonchev–Trinajstić information content (AvgIpc) is 3.52. The number of rotatable bonds is 12. The predicted octanol–water partition coefficient (Wildman–Crippen LogP) is 5.81. The van der Waals surface area contributed by atoms with Gasteiger partial charge in [-0.3, -0.25) is 13.9 Å². The van der Waals surface area contributed by atoms with E-state index in [1.54, 1.807) is 73.7 Å². The summed E-state index contributed by atoms with van der Waals surface area (Å²) in [6.07, 6.45) is 0. The van der Waals surface area contributed by atoms with Gasteiger partial charge in [0.1, 0.15) is 0 Å². The highest BCUT2D eigenvalue weighted by molar-refractivity contribution is 8.00. The first-order chi connectivity index (χ1) is 22.2. The third kappa shape index (κ3) is 7.73. The molecule has 46 heavy (non-hydrogen) atoms. The molecule has 4 aromatic rings. The van der Waals surface area contributed by atoms with Crippen molar-refractivity contribution in [1.29, 1.82) is 0 Å². The molecule has 0 bridgehead atoms. The Balaban J connectivity index is 1.18. The number of halogens is 1. The monoisotopic (exact) mass is 681 g/mol. The Bertz CT molecular complexity index is 1870. The van der Waals surface area contributed by atoms with Gasteiger partial charge in [0.2, 0.25) is 12.7 Å². The molecule has 0 spiro atoms. The fourth-order valence-corrected chi connectivity index (χ4v) is 6.95. The zero-order valence-corrected chi connectivity index (χ0v) is 26.8. The topological polar surface area (TPSA) is 140 Å². The van der Waals surface area contributed by atoms with Crippen LogP contribution in [0.25, 0.3) is 0 Å². The normalized spacial score (nSPS) is 11.9. The van der Waals surface area contributed by atoms with Gasteiger partial charge in [0.25, 0.3) is 15.9 Å². The van der Waals surface area contributed by atoms with Crippen molar-refractivity contribution in [2.45, 2.75) is 16.7 Å². The number of ether oxygens (including phenoxy) is 3. The van der Waals surface area contributed by atoms with Crippen molar-refractivity contribution >= 4 is 68.2 Å². The summed E-state index contributed by atoms with van der Waals surface area (Å²) < 4.78 is 43.9. The van der Waals surface area contributed by atoms with Gasteiger partial charge in [0, 0.05) is 23.2 Å². The van der Waals surface area contributed by atoms with Gasteiger partial charge in [-0.2, -0.15) is 0 Å². The maximum absolute atomic E-state index is 13.4. The molecule has 0 radical (unpaired) electrons. The van der Waals surface area contributed by atoms with E-state index in [1.807, 2.05) is 0 Å². The molecule has 0 unspecified atom stereocenters. The van der Waals surface area contributed by atoms with Crippen molar-refractivity contribution in [3.8, 4) is 11.5 Å². The number of nitrogens with one attached hydrogen (secondary N) is 2. The van der Waals surface area contributed by atoms with Crippen molar-refractivity contribution in [2.75, 3.05) is 40.6 Å². The summed E-state index contributed by atoms with van der Waals surface area (Å²) in [5, 5.41) is 5.39. The molecular formula is C32H28ClN3O8S2. The number of para-hydroxylation sites is 1. The van der Waals surface area contributed by atoms with Crippen molar-refractivity contribution in [1.82, 2.24) is 0 Å². The smallest absolute Gasteiger partial charge is 0.339 e. The summed E-state index contributed by atoms with van der Waals surface area (Å²) in [6.45, 7) is 1.34. The summed E-state index contributed by atoms with van der Waals surface area (Å²) in [5.41, 5.74) is 1.23. The molecule has 0 saturated carbocycles. The standard InChI is InChI=1S/C32H28ClN3O8S2/c1-2-36(22-8-4-3-5-9-22)46(40,41)23-13-14-25(33)26(17-23)35-30(37)18-42-32(39)24-10-6-7-11-29(24)45-19-31(38)34-21-12-15-27-28(16-21)44-20-43-27/h3-17H,2,18-20H2,1H3,(H,34,38)(H,35,37). The van der Waals surface area contributed by atoms with Crippen molar-refractivity contribution in [3.05, 3.63) is 102 Å². The molecule has 0 atom stereocenters. The molecular weight excluding hydrogens is 654 g/mol. The average molecular weight is 682 g/mol. The van der Waals surface area contributed by atoms with Crippen molar-refractivity contribution in [3.63, 3.8) is 0 Å². The zero-order valence-electron chi connectivity index (χ0n) is 24.4. The molecule has 0 aliphatic carbocycles. The number of carbonyl (C=O) groups is 3. The van der Waals surface area contributed by atoms with Crippen molar-refractivity contribution in [2.24, 2.45) is 0 Å². The molecule has 11 nitrogen and oxygen atoms in total. The number of fused-ring (bicyclic) bond motifs is 1. The van der Waals surface area contributed by atoms with Crippen LogP contribution in [0.1, 0.15) is 17.3 Å². The van der Waals surface area contributed by atoms with Gasteiger partial charge in [-0.25, -0.2) is 13.2 Å². The van der Waals surface area contributed by atoms with Gasteiger partial charge in [-0.15, -0.1) is 11.8 Å². The highest BCUT2D eigenvalue weighted by Crippen LogP contribution is 2.34. The van der Waals surface area contributed by atoms with Gasteiger partial charge >= 0.3 is 5.97 Å². The van der Waals surface area contributed by atoms with Gasteiger partial charge in [0.05, 0.1) is 32.6 Å². The number of sulfonamides is 1. The maximum Gasteiger partial charge on any atom is 0.339 e. The quantitative estimate of drug-likeness (QED) is 0.140. The van der Waals surface area contributed by atoms with Crippen LogP contribution in [0.4, 0.5) is 17.1 Å². The summed E-state index contributed by atoms with van der Waals surface area (Å²) in [5.74, 6) is -0.685. The lowest BCUT2D eigenvalue weighted by molar-refractivity contribution is -0.119. The number of esters is 1. The highest BCUT2D eigenvalue weighted by atomic mass is 35.5. The van der Waals surface area contributed by atoms with E-state index >= 15 is 0 Å². The molecule has 1 aliphatic rings. The fraction of sp³-hybridized carbons (Fsp3) is 0.156. The van der Waals surface area contributed by atoms with E-state index in [0.29, 0.717) is 27.8 Å². The van der Waals surface area contributed by atoms with Crippen LogP contribution in [0, 0.1) is 0 Å². The van der Waals surface area contributed by atoms with Crippen LogP contribution in [0.15, 0.2) is 101 Å². The first-order valence-electron chi connectivity index (χ1n) is 13.9. The van der Waals surface area contributed by atoms with Crippen LogP contribution in [0.3, 0.4) is 0 Å². The minimum absolute atomic E-state index is 0.00327. The lowest BCUT2D eigenvalue weighted by Gasteiger charge is -2.23. The van der Waals surface area contributed by atoms with Crippen LogP contribution >= 0.6 is 23.4 Å². The van der Waals surface area contributed by atoms with E-state index < -0.39 is 28.5 Å². The molecule has 0 saturated heterocycles. The second-order valence-electron chi connectivity index (χ2n) is 9.67. The van der Waals surface area contributed by atoms with Crippen LogP contribution in [-0.2, 0) is 24.3 Å². The SMILES string of the molecule is CCN(c1ccccc1)S(=O)(=O)c1ccc(Cl)c(NC(=O)COC(=O)c2ccccc2SCC(=O)Nc2ccc3c(c2)OCO3)c1. The summed E-state index contributed by atoms with van der Waals surface area (Å²) >= 11 is 7.38. The van der Waals surface area contributed by atoms with E-state index in [4.69, 9.17) is 25.8 Å². The molecule has 1 heterocycles. The predicted molar refractivity (Wildman–Crippen MR) is 175 cm³/mol. The van der Waals surface area contributed by atoms with E-state index in [9.17, 15) is 22.8 Å². The molecule has 1 aliphatic heterocycles. The molecule has 4 aromatic carbocycles.